The van der Waals surface area contributed by atoms with E-state index >= 15 is 0 Å². The molecule has 1 aromatic heterocycles. The molecule has 2 fully saturated rings. The lowest BCUT2D eigenvalue weighted by Crippen LogP contribution is -2.57. The Hall–Kier alpha value is -2.29. The molecule has 2 aromatic rings. The predicted molar refractivity (Wildman–Crippen MR) is 125 cm³/mol. The minimum Gasteiger partial charge on any atom is -0.373 e. The maximum absolute atomic E-state index is 13.1. The fraction of sp³-hybridized carbons (Fsp3) is 0.565. The number of nitrogens with zero attached hydrogens (tertiary/aromatic N) is 5. The summed E-state index contributed by atoms with van der Waals surface area (Å²) in [7, 11) is -3.54. The molecule has 33 heavy (non-hydrogen) atoms. The van der Waals surface area contributed by atoms with Gasteiger partial charge in [0, 0.05) is 68.5 Å². The number of hydrogen-bond donors (Lipinski definition) is 0. The van der Waals surface area contributed by atoms with Crippen molar-refractivity contribution in [3.8, 4) is 6.07 Å². The van der Waals surface area contributed by atoms with E-state index < -0.39 is 10.2 Å². The molecular formula is C23H31N5O4S. The molecule has 178 valence electrons. The Labute approximate surface area is 195 Å². The zero-order valence-corrected chi connectivity index (χ0v) is 20.0. The Morgan fingerprint density at radius 3 is 2.42 bits per heavy atom. The number of rotatable bonds is 7. The van der Waals surface area contributed by atoms with Crippen LogP contribution >= 0.6 is 0 Å². The Balaban J connectivity index is 1.39. The lowest BCUT2D eigenvalue weighted by molar-refractivity contribution is -0.0457. The van der Waals surface area contributed by atoms with Gasteiger partial charge in [0.25, 0.3) is 10.2 Å². The van der Waals surface area contributed by atoms with Crippen molar-refractivity contribution in [3.05, 3.63) is 36.0 Å². The maximum atomic E-state index is 13.1. The topological polar surface area (TPSA) is 98.9 Å². The van der Waals surface area contributed by atoms with Gasteiger partial charge in [0.15, 0.2) is 5.78 Å². The van der Waals surface area contributed by atoms with Crippen LogP contribution in [-0.4, -0.2) is 90.3 Å². The minimum atomic E-state index is -3.54. The number of ketones is 1. The number of aromatic nitrogens is 1. The standard InChI is InChI=1S/C23H31N5O4S/c1-18-14-28(15-19(2)32-18)33(30,31)27-12-10-25(11-13-27)17-23(29)21-16-26(9-5-8-24)22-7-4-3-6-20(21)22/h3-4,6-7,16,18-19H,5,9-15,17H2,1-2H3. The van der Waals surface area contributed by atoms with E-state index in [-0.39, 0.29) is 24.5 Å². The largest absolute Gasteiger partial charge is 0.373 e. The fourth-order valence-corrected chi connectivity index (χ4v) is 6.46. The molecule has 10 heteroatoms. The summed E-state index contributed by atoms with van der Waals surface area (Å²) in [5.41, 5.74) is 1.59. The zero-order chi connectivity index (χ0) is 23.6. The Morgan fingerprint density at radius 1 is 1.09 bits per heavy atom. The third kappa shape index (κ3) is 5.13. The van der Waals surface area contributed by atoms with Crippen molar-refractivity contribution in [2.24, 2.45) is 0 Å². The van der Waals surface area contributed by atoms with Crippen LogP contribution in [0.4, 0.5) is 0 Å². The number of Topliss-reactive ketones (excluding diaryl/α,β-unsaturated/α-hetero) is 1. The summed E-state index contributed by atoms with van der Waals surface area (Å²) in [6.07, 6.45) is 1.96. The highest BCUT2D eigenvalue weighted by atomic mass is 32.2. The van der Waals surface area contributed by atoms with Crippen LogP contribution in [0.25, 0.3) is 10.9 Å². The van der Waals surface area contributed by atoms with Gasteiger partial charge >= 0.3 is 0 Å². The first-order chi connectivity index (χ1) is 15.8. The second-order valence-electron chi connectivity index (χ2n) is 8.84. The number of ether oxygens (including phenoxy) is 1. The third-order valence-electron chi connectivity index (χ3n) is 6.29. The van der Waals surface area contributed by atoms with E-state index in [4.69, 9.17) is 10.00 Å². The van der Waals surface area contributed by atoms with Crippen LogP contribution in [0.2, 0.25) is 0 Å². The lowest BCUT2D eigenvalue weighted by Gasteiger charge is -2.40. The van der Waals surface area contributed by atoms with Gasteiger partial charge < -0.3 is 9.30 Å². The van der Waals surface area contributed by atoms with Crippen molar-refractivity contribution >= 4 is 26.9 Å². The van der Waals surface area contributed by atoms with E-state index in [9.17, 15) is 13.2 Å². The normalized spacial score (nSPS) is 23.5. The number of para-hydroxylation sites is 1. The molecular weight excluding hydrogens is 442 g/mol. The molecule has 0 bridgehead atoms. The number of carbonyl (C=O) groups is 1. The molecule has 2 aliphatic heterocycles. The summed E-state index contributed by atoms with van der Waals surface area (Å²) in [5.74, 6) is 0.00837. The van der Waals surface area contributed by atoms with E-state index in [0.717, 1.165) is 10.9 Å². The third-order valence-corrected chi connectivity index (χ3v) is 8.26. The van der Waals surface area contributed by atoms with E-state index in [1.807, 2.05) is 53.8 Å². The molecule has 0 amide bonds. The van der Waals surface area contributed by atoms with Crippen LogP contribution in [0.15, 0.2) is 30.5 Å². The molecule has 0 spiro atoms. The maximum Gasteiger partial charge on any atom is 0.282 e. The molecule has 0 N–H and O–H groups in total. The number of aryl methyl sites for hydroxylation is 1. The molecule has 2 aliphatic rings. The monoisotopic (exact) mass is 473 g/mol. The summed E-state index contributed by atoms with van der Waals surface area (Å²) in [5, 5.41) is 9.81. The van der Waals surface area contributed by atoms with Gasteiger partial charge in [-0.3, -0.25) is 9.69 Å². The van der Waals surface area contributed by atoms with Crippen LogP contribution in [0.1, 0.15) is 30.6 Å². The number of fused-ring (bicyclic) bond motifs is 1. The molecule has 0 radical (unpaired) electrons. The number of benzene rings is 1. The highest BCUT2D eigenvalue weighted by molar-refractivity contribution is 7.86. The van der Waals surface area contributed by atoms with Gasteiger partial charge in [0.05, 0.1) is 31.2 Å². The molecule has 3 heterocycles. The summed E-state index contributed by atoms with van der Waals surface area (Å²) < 4.78 is 36.9. The Morgan fingerprint density at radius 2 is 1.76 bits per heavy atom. The smallest absolute Gasteiger partial charge is 0.282 e. The van der Waals surface area contributed by atoms with Crippen molar-refractivity contribution in [1.82, 2.24) is 18.1 Å². The first-order valence-corrected chi connectivity index (χ1v) is 12.8. The zero-order valence-electron chi connectivity index (χ0n) is 19.2. The van der Waals surface area contributed by atoms with E-state index in [1.54, 1.807) is 0 Å². The summed E-state index contributed by atoms with van der Waals surface area (Å²) >= 11 is 0. The van der Waals surface area contributed by atoms with Crippen molar-refractivity contribution in [2.75, 3.05) is 45.8 Å². The molecule has 2 unspecified atom stereocenters. The van der Waals surface area contributed by atoms with Gasteiger partial charge in [-0.25, -0.2) is 0 Å². The van der Waals surface area contributed by atoms with Gasteiger partial charge in [-0.1, -0.05) is 18.2 Å². The molecule has 0 saturated carbocycles. The second kappa shape index (κ2) is 9.91. The fourth-order valence-electron chi connectivity index (χ4n) is 4.71. The minimum absolute atomic E-state index is 0.00837. The molecule has 4 rings (SSSR count). The van der Waals surface area contributed by atoms with Crippen molar-refractivity contribution in [1.29, 1.82) is 5.26 Å². The summed E-state index contributed by atoms with van der Waals surface area (Å²) in [4.78, 5) is 15.2. The number of piperazine rings is 1. The van der Waals surface area contributed by atoms with Crippen molar-refractivity contribution < 1.29 is 17.9 Å². The molecule has 2 atom stereocenters. The Kier molecular flexibility index (Phi) is 7.16. The highest BCUT2D eigenvalue weighted by Gasteiger charge is 2.37. The van der Waals surface area contributed by atoms with Crippen LogP contribution in [0, 0.1) is 11.3 Å². The number of hydrogen-bond acceptors (Lipinski definition) is 6. The first kappa shape index (κ1) is 23.9. The number of nitriles is 1. The quantitative estimate of drug-likeness (QED) is 0.568. The van der Waals surface area contributed by atoms with Gasteiger partial charge in [-0.05, 0) is 19.9 Å². The van der Waals surface area contributed by atoms with Gasteiger partial charge in [-0.15, -0.1) is 0 Å². The molecule has 0 aliphatic carbocycles. The molecule has 1 aromatic carbocycles. The SMILES string of the molecule is CC1CN(S(=O)(=O)N2CCN(CC(=O)c3cn(CCC#N)c4ccccc34)CC2)CC(C)O1. The van der Waals surface area contributed by atoms with Crippen LogP contribution < -0.4 is 0 Å². The molecule has 9 nitrogen and oxygen atoms in total. The van der Waals surface area contributed by atoms with Crippen LogP contribution in [0.3, 0.4) is 0 Å². The second-order valence-corrected chi connectivity index (χ2v) is 10.8. The lowest BCUT2D eigenvalue weighted by atomic mass is 10.1. The van der Waals surface area contributed by atoms with Crippen molar-refractivity contribution in [3.63, 3.8) is 0 Å². The number of morpholine rings is 1. The number of carbonyl (C=O) groups excluding carboxylic acids is 1. The predicted octanol–water partition coefficient (Wildman–Crippen LogP) is 1.71. The van der Waals surface area contributed by atoms with Gasteiger partial charge in [0.1, 0.15) is 0 Å². The van der Waals surface area contributed by atoms with Crippen LogP contribution in [-0.2, 0) is 21.5 Å². The van der Waals surface area contributed by atoms with E-state index in [0.29, 0.717) is 57.8 Å². The van der Waals surface area contributed by atoms with Gasteiger partial charge in [0.2, 0.25) is 0 Å². The average molecular weight is 474 g/mol. The molecule has 2 saturated heterocycles. The Bertz CT molecular complexity index is 1140. The first-order valence-electron chi connectivity index (χ1n) is 11.4. The van der Waals surface area contributed by atoms with E-state index in [1.165, 1.54) is 8.61 Å². The van der Waals surface area contributed by atoms with Crippen molar-refractivity contribution in [2.45, 2.75) is 39.0 Å². The van der Waals surface area contributed by atoms with Gasteiger partial charge in [-0.2, -0.15) is 22.3 Å². The summed E-state index contributed by atoms with van der Waals surface area (Å²) in [6.45, 7) is 7.02. The van der Waals surface area contributed by atoms with E-state index in [2.05, 4.69) is 6.07 Å². The average Bonchev–Trinajstić information content (AvgIpc) is 3.16. The summed E-state index contributed by atoms with van der Waals surface area (Å²) in [6, 6.07) is 9.87. The van der Waals surface area contributed by atoms with Crippen LogP contribution in [0.5, 0.6) is 0 Å². The highest BCUT2D eigenvalue weighted by Crippen LogP contribution is 2.23.